The molecule has 0 aliphatic carbocycles. The number of carbonyl (C=O) groups is 1. The van der Waals surface area contributed by atoms with Gasteiger partial charge in [-0.25, -0.2) is 0 Å². The van der Waals surface area contributed by atoms with E-state index >= 15 is 0 Å². The minimum Gasteiger partial charge on any atom is -0.486 e. The number of fused-ring (bicyclic) bond motifs is 1. The van der Waals surface area contributed by atoms with Gasteiger partial charge in [0.25, 0.3) is 0 Å². The van der Waals surface area contributed by atoms with Crippen LogP contribution in [-0.2, 0) is 4.79 Å². The number of nitrogens with two attached hydrogens (primary N) is 1. The Kier molecular flexibility index (Phi) is 3.23. The number of benzene rings is 2. The van der Waals surface area contributed by atoms with Crippen LogP contribution in [-0.4, -0.2) is 25.2 Å². The molecule has 0 bridgehead atoms. The van der Waals surface area contributed by atoms with Gasteiger partial charge in [0.2, 0.25) is 5.91 Å². The summed E-state index contributed by atoms with van der Waals surface area (Å²) in [5, 5.41) is 0. The zero-order valence-corrected chi connectivity index (χ0v) is 12.9. The van der Waals surface area contributed by atoms with Crippen LogP contribution in [0.25, 0.3) is 0 Å². The second kappa shape index (κ2) is 5.28. The van der Waals surface area contributed by atoms with E-state index in [-0.39, 0.29) is 11.9 Å². The molecular formula is C18H18N2O3. The molecule has 2 aliphatic heterocycles. The fourth-order valence-electron chi connectivity index (χ4n) is 3.10. The van der Waals surface area contributed by atoms with Gasteiger partial charge in [-0.1, -0.05) is 29.8 Å². The fourth-order valence-corrected chi connectivity index (χ4v) is 3.10. The summed E-state index contributed by atoms with van der Waals surface area (Å²) in [7, 11) is 0. The molecule has 2 aliphatic rings. The molecule has 0 radical (unpaired) electrons. The van der Waals surface area contributed by atoms with Crippen molar-refractivity contribution in [2.24, 2.45) is 5.73 Å². The largest absolute Gasteiger partial charge is 0.486 e. The first-order valence-electron chi connectivity index (χ1n) is 7.70. The SMILES string of the molecule is Cc1ccc([C@@H]2[C@H](N)C(=O)N2c2ccc3c(c2)OCCO3)cc1. The van der Waals surface area contributed by atoms with Crippen LogP contribution in [0.3, 0.4) is 0 Å². The third-order valence-corrected chi connectivity index (χ3v) is 4.36. The van der Waals surface area contributed by atoms with E-state index in [1.807, 2.05) is 49.4 Å². The summed E-state index contributed by atoms with van der Waals surface area (Å²) < 4.78 is 11.1. The Labute approximate surface area is 134 Å². The molecular weight excluding hydrogens is 292 g/mol. The van der Waals surface area contributed by atoms with Gasteiger partial charge in [0.05, 0.1) is 6.04 Å². The number of amides is 1. The molecule has 1 saturated heterocycles. The van der Waals surface area contributed by atoms with Crippen LogP contribution in [0.1, 0.15) is 17.2 Å². The highest BCUT2D eigenvalue weighted by Crippen LogP contribution is 2.42. The zero-order chi connectivity index (χ0) is 16.0. The normalized spacial score (nSPS) is 22.7. The quantitative estimate of drug-likeness (QED) is 0.864. The van der Waals surface area contributed by atoms with Crippen LogP contribution in [0.4, 0.5) is 5.69 Å². The van der Waals surface area contributed by atoms with E-state index in [9.17, 15) is 4.79 Å². The molecule has 0 spiro atoms. The van der Waals surface area contributed by atoms with Gasteiger partial charge in [-0.05, 0) is 24.6 Å². The lowest BCUT2D eigenvalue weighted by Gasteiger charge is -2.45. The Morgan fingerprint density at radius 3 is 2.48 bits per heavy atom. The second-order valence-electron chi connectivity index (χ2n) is 5.92. The highest BCUT2D eigenvalue weighted by molar-refractivity contribution is 6.05. The van der Waals surface area contributed by atoms with Crippen LogP contribution in [0.5, 0.6) is 11.5 Å². The summed E-state index contributed by atoms with van der Waals surface area (Å²) in [6, 6.07) is 13.0. The lowest BCUT2D eigenvalue weighted by atomic mass is 9.88. The summed E-state index contributed by atoms with van der Waals surface area (Å²) >= 11 is 0. The zero-order valence-electron chi connectivity index (χ0n) is 12.9. The predicted molar refractivity (Wildman–Crippen MR) is 86.8 cm³/mol. The minimum atomic E-state index is -0.508. The van der Waals surface area contributed by atoms with E-state index in [0.717, 1.165) is 11.3 Å². The van der Waals surface area contributed by atoms with Crippen molar-refractivity contribution in [3.8, 4) is 11.5 Å². The van der Waals surface area contributed by atoms with Crippen LogP contribution in [0.15, 0.2) is 42.5 Å². The van der Waals surface area contributed by atoms with Crippen molar-refractivity contribution in [1.82, 2.24) is 0 Å². The van der Waals surface area contributed by atoms with Crippen molar-refractivity contribution >= 4 is 11.6 Å². The third kappa shape index (κ3) is 2.24. The number of ether oxygens (including phenoxy) is 2. The topological polar surface area (TPSA) is 64.8 Å². The van der Waals surface area contributed by atoms with Crippen molar-refractivity contribution in [1.29, 1.82) is 0 Å². The molecule has 5 nitrogen and oxygen atoms in total. The average molecular weight is 310 g/mol. The van der Waals surface area contributed by atoms with Crippen LogP contribution < -0.4 is 20.1 Å². The van der Waals surface area contributed by atoms with Gasteiger partial charge >= 0.3 is 0 Å². The lowest BCUT2D eigenvalue weighted by molar-refractivity contribution is -0.126. The Morgan fingerprint density at radius 1 is 1.04 bits per heavy atom. The maximum atomic E-state index is 12.3. The Bertz CT molecular complexity index is 757. The van der Waals surface area contributed by atoms with Crippen LogP contribution in [0.2, 0.25) is 0 Å². The smallest absolute Gasteiger partial charge is 0.247 e. The molecule has 118 valence electrons. The fraction of sp³-hybridized carbons (Fsp3) is 0.278. The number of anilines is 1. The third-order valence-electron chi connectivity index (χ3n) is 4.36. The van der Waals surface area contributed by atoms with E-state index in [4.69, 9.17) is 15.2 Å². The molecule has 5 heteroatoms. The number of aryl methyl sites for hydroxylation is 1. The molecule has 2 aromatic carbocycles. The second-order valence-corrected chi connectivity index (χ2v) is 5.92. The maximum Gasteiger partial charge on any atom is 0.247 e. The van der Waals surface area contributed by atoms with Gasteiger partial charge in [-0.2, -0.15) is 0 Å². The maximum absolute atomic E-state index is 12.3. The number of β-lactam (4-membered cyclic amide) rings is 1. The molecule has 4 rings (SSSR count). The van der Waals surface area contributed by atoms with Crippen molar-refractivity contribution in [3.63, 3.8) is 0 Å². The average Bonchev–Trinajstić information content (AvgIpc) is 2.59. The van der Waals surface area contributed by atoms with Crippen molar-refractivity contribution in [2.75, 3.05) is 18.1 Å². The first-order valence-corrected chi connectivity index (χ1v) is 7.70. The van der Waals surface area contributed by atoms with Crippen molar-refractivity contribution in [2.45, 2.75) is 19.0 Å². The molecule has 1 amide bonds. The number of hydrogen-bond acceptors (Lipinski definition) is 4. The molecule has 2 aromatic rings. The Hall–Kier alpha value is -2.53. The van der Waals surface area contributed by atoms with Crippen LogP contribution >= 0.6 is 0 Å². The van der Waals surface area contributed by atoms with Crippen molar-refractivity contribution in [3.05, 3.63) is 53.6 Å². The van der Waals surface area contributed by atoms with Gasteiger partial charge in [-0.15, -0.1) is 0 Å². The van der Waals surface area contributed by atoms with E-state index in [1.54, 1.807) is 4.90 Å². The van der Waals surface area contributed by atoms with E-state index in [0.29, 0.717) is 24.7 Å². The van der Waals surface area contributed by atoms with E-state index < -0.39 is 6.04 Å². The summed E-state index contributed by atoms with van der Waals surface area (Å²) in [4.78, 5) is 14.0. The summed E-state index contributed by atoms with van der Waals surface area (Å²) in [5.74, 6) is 1.31. The Balaban J connectivity index is 1.69. The predicted octanol–water partition coefficient (Wildman–Crippen LogP) is 2.18. The number of carbonyl (C=O) groups excluding carboxylic acids is 1. The summed E-state index contributed by atoms with van der Waals surface area (Å²) in [6.45, 7) is 3.10. The van der Waals surface area contributed by atoms with Crippen molar-refractivity contribution < 1.29 is 14.3 Å². The minimum absolute atomic E-state index is 0.0766. The first-order chi connectivity index (χ1) is 11.1. The highest BCUT2D eigenvalue weighted by atomic mass is 16.6. The number of hydrogen-bond donors (Lipinski definition) is 1. The van der Waals surface area contributed by atoms with Gasteiger partial charge in [-0.3, -0.25) is 4.79 Å². The Morgan fingerprint density at radius 2 is 1.74 bits per heavy atom. The summed E-state index contributed by atoms with van der Waals surface area (Å²) in [6.07, 6.45) is 0. The van der Waals surface area contributed by atoms with Gasteiger partial charge in [0.1, 0.15) is 19.3 Å². The molecule has 2 heterocycles. The molecule has 0 aromatic heterocycles. The molecule has 1 fully saturated rings. The van der Waals surface area contributed by atoms with Crippen LogP contribution in [0, 0.1) is 6.92 Å². The number of nitrogens with zero attached hydrogens (tertiary/aromatic N) is 1. The van der Waals surface area contributed by atoms with Gasteiger partial charge in [0, 0.05) is 11.8 Å². The number of rotatable bonds is 2. The first kappa shape index (κ1) is 14.1. The van der Waals surface area contributed by atoms with E-state index in [2.05, 4.69) is 0 Å². The summed E-state index contributed by atoms with van der Waals surface area (Å²) in [5.41, 5.74) is 9.06. The highest BCUT2D eigenvalue weighted by Gasteiger charge is 2.46. The molecule has 2 N–H and O–H groups in total. The van der Waals surface area contributed by atoms with E-state index in [1.165, 1.54) is 5.56 Å². The van der Waals surface area contributed by atoms with Gasteiger partial charge < -0.3 is 20.1 Å². The molecule has 2 atom stereocenters. The molecule has 0 saturated carbocycles. The molecule has 23 heavy (non-hydrogen) atoms. The lowest BCUT2D eigenvalue weighted by Crippen LogP contribution is -2.63. The standard InChI is InChI=1S/C18H18N2O3/c1-11-2-4-12(5-3-11)17-16(19)18(21)20(17)13-6-7-14-15(10-13)23-9-8-22-14/h2-7,10,16-17H,8-9,19H2,1H3/t16-,17+/m0/s1. The monoisotopic (exact) mass is 310 g/mol. The van der Waals surface area contributed by atoms with Gasteiger partial charge in [0.15, 0.2) is 11.5 Å². The molecule has 0 unspecified atom stereocenters.